The fourth-order valence-corrected chi connectivity index (χ4v) is 1.38. The summed E-state index contributed by atoms with van der Waals surface area (Å²) in [6, 6.07) is 7.11. The van der Waals surface area contributed by atoms with Crippen LogP contribution < -0.4 is 10.6 Å². The zero-order chi connectivity index (χ0) is 11.8. The summed E-state index contributed by atoms with van der Waals surface area (Å²) in [5.74, 6) is 0. The Morgan fingerprint density at radius 2 is 2.19 bits per heavy atom. The Morgan fingerprint density at radius 3 is 2.88 bits per heavy atom. The van der Waals surface area contributed by atoms with Gasteiger partial charge in [0.05, 0.1) is 5.69 Å². The summed E-state index contributed by atoms with van der Waals surface area (Å²) in [5.41, 5.74) is 0.704. The van der Waals surface area contributed by atoms with Crippen LogP contribution in [0.5, 0.6) is 0 Å². The molecule has 2 amide bonds. The Hall–Kier alpha value is -1.20. The first-order chi connectivity index (χ1) is 7.74. The smallest absolute Gasteiger partial charge is 0.319 e. The summed E-state index contributed by atoms with van der Waals surface area (Å²) in [6.45, 7) is 1.23. The molecule has 0 radical (unpaired) electrons. The van der Waals surface area contributed by atoms with E-state index < -0.39 is 0 Å². The third-order valence-corrected chi connectivity index (χ3v) is 2.35. The topological polar surface area (TPSA) is 50.4 Å². The molecule has 0 aliphatic rings. The standard InChI is InChI=1S/C11H16N2O2S/c1-15-8-4-7-12-11(14)13-9-5-2-3-6-10(9)16/h2-3,5-6,16H,4,7-8H2,1H3,(H2,12,13,14). The van der Waals surface area contributed by atoms with Gasteiger partial charge < -0.3 is 15.4 Å². The van der Waals surface area contributed by atoms with Crippen LogP contribution in [-0.4, -0.2) is 26.3 Å². The fraction of sp³-hybridized carbons (Fsp3) is 0.364. The van der Waals surface area contributed by atoms with Crippen molar-refractivity contribution < 1.29 is 9.53 Å². The first-order valence-corrected chi connectivity index (χ1v) is 5.50. The van der Waals surface area contributed by atoms with E-state index in [4.69, 9.17) is 4.74 Å². The highest BCUT2D eigenvalue weighted by atomic mass is 32.1. The molecule has 0 saturated carbocycles. The van der Waals surface area contributed by atoms with Gasteiger partial charge in [-0.05, 0) is 18.6 Å². The van der Waals surface area contributed by atoms with Crippen molar-refractivity contribution >= 4 is 24.3 Å². The zero-order valence-electron chi connectivity index (χ0n) is 9.19. The number of rotatable bonds is 5. The summed E-state index contributed by atoms with van der Waals surface area (Å²) in [4.78, 5) is 12.2. The molecule has 88 valence electrons. The third-order valence-electron chi connectivity index (χ3n) is 1.96. The maximum absolute atomic E-state index is 11.4. The largest absolute Gasteiger partial charge is 0.385 e. The number of ether oxygens (including phenoxy) is 1. The van der Waals surface area contributed by atoms with Crippen LogP contribution in [0.1, 0.15) is 6.42 Å². The fourth-order valence-electron chi connectivity index (χ4n) is 1.16. The maximum atomic E-state index is 11.4. The molecule has 1 rings (SSSR count). The number of carbonyl (C=O) groups excluding carboxylic acids is 1. The molecule has 0 aliphatic carbocycles. The molecule has 4 nitrogen and oxygen atoms in total. The minimum atomic E-state index is -0.224. The zero-order valence-corrected chi connectivity index (χ0v) is 10.1. The molecule has 0 saturated heterocycles. The van der Waals surface area contributed by atoms with E-state index in [-0.39, 0.29) is 6.03 Å². The second kappa shape index (κ2) is 7.14. The number of amides is 2. The third kappa shape index (κ3) is 4.55. The van der Waals surface area contributed by atoms with Crippen LogP contribution in [-0.2, 0) is 4.74 Å². The van der Waals surface area contributed by atoms with Crippen LogP contribution in [0.3, 0.4) is 0 Å². The van der Waals surface area contributed by atoms with Crippen LogP contribution in [0.4, 0.5) is 10.5 Å². The van der Waals surface area contributed by atoms with E-state index in [0.29, 0.717) is 18.8 Å². The van der Waals surface area contributed by atoms with Gasteiger partial charge in [0.1, 0.15) is 0 Å². The highest BCUT2D eigenvalue weighted by Gasteiger charge is 2.02. The van der Waals surface area contributed by atoms with Gasteiger partial charge in [-0.25, -0.2) is 4.79 Å². The number of hydrogen-bond donors (Lipinski definition) is 3. The predicted octanol–water partition coefficient (Wildman–Crippen LogP) is 2.13. The lowest BCUT2D eigenvalue weighted by Gasteiger charge is -2.08. The lowest BCUT2D eigenvalue weighted by Crippen LogP contribution is -2.30. The molecule has 0 atom stereocenters. The molecule has 2 N–H and O–H groups in total. The van der Waals surface area contributed by atoms with Crippen molar-refractivity contribution in [3.8, 4) is 0 Å². The minimum absolute atomic E-state index is 0.224. The van der Waals surface area contributed by atoms with Crippen LogP contribution in [0.15, 0.2) is 29.2 Å². The number of anilines is 1. The van der Waals surface area contributed by atoms with Crippen molar-refractivity contribution in [2.45, 2.75) is 11.3 Å². The van der Waals surface area contributed by atoms with Gasteiger partial charge in [0, 0.05) is 25.2 Å². The highest BCUT2D eigenvalue weighted by molar-refractivity contribution is 7.80. The molecule has 0 aromatic heterocycles. The summed E-state index contributed by atoms with van der Waals surface area (Å²) in [7, 11) is 1.64. The molecule has 1 aromatic carbocycles. The molecule has 0 fully saturated rings. The predicted molar refractivity (Wildman–Crippen MR) is 67.2 cm³/mol. The Balaban J connectivity index is 2.32. The molecule has 0 aliphatic heterocycles. The van der Waals surface area contributed by atoms with Crippen LogP contribution in [0.2, 0.25) is 0 Å². The Bertz CT molecular complexity index is 345. The van der Waals surface area contributed by atoms with E-state index in [9.17, 15) is 4.79 Å². The van der Waals surface area contributed by atoms with Gasteiger partial charge in [0.15, 0.2) is 0 Å². The van der Waals surface area contributed by atoms with Gasteiger partial charge >= 0.3 is 6.03 Å². The van der Waals surface area contributed by atoms with Gasteiger partial charge in [-0.3, -0.25) is 0 Å². The highest BCUT2D eigenvalue weighted by Crippen LogP contribution is 2.17. The van der Waals surface area contributed by atoms with Crippen LogP contribution in [0, 0.1) is 0 Å². The van der Waals surface area contributed by atoms with E-state index in [0.717, 1.165) is 11.3 Å². The number of urea groups is 1. The SMILES string of the molecule is COCCCNC(=O)Nc1ccccc1S. The number of methoxy groups -OCH3 is 1. The average molecular weight is 240 g/mol. The van der Waals surface area contributed by atoms with Gasteiger partial charge in [0.2, 0.25) is 0 Å². The summed E-state index contributed by atoms with van der Waals surface area (Å²) in [6.07, 6.45) is 0.798. The molecule has 16 heavy (non-hydrogen) atoms. The lowest BCUT2D eigenvalue weighted by atomic mass is 10.3. The lowest BCUT2D eigenvalue weighted by molar-refractivity contribution is 0.194. The molecule has 0 spiro atoms. The average Bonchev–Trinajstić information content (AvgIpc) is 2.28. The van der Waals surface area contributed by atoms with E-state index in [1.807, 2.05) is 18.2 Å². The summed E-state index contributed by atoms with van der Waals surface area (Å²) < 4.78 is 4.88. The number of para-hydroxylation sites is 1. The quantitative estimate of drug-likeness (QED) is 0.545. The molecular weight excluding hydrogens is 224 g/mol. The molecule has 5 heteroatoms. The first-order valence-electron chi connectivity index (χ1n) is 5.06. The van der Waals surface area contributed by atoms with Gasteiger partial charge in [-0.1, -0.05) is 12.1 Å². The normalized spacial score (nSPS) is 9.88. The van der Waals surface area contributed by atoms with Crippen LogP contribution >= 0.6 is 12.6 Å². The van der Waals surface area contributed by atoms with Crippen molar-refractivity contribution in [3.05, 3.63) is 24.3 Å². The number of benzene rings is 1. The second-order valence-corrected chi connectivity index (χ2v) is 3.73. The summed E-state index contributed by atoms with van der Waals surface area (Å²) in [5, 5.41) is 5.45. The van der Waals surface area contributed by atoms with Gasteiger partial charge in [-0.15, -0.1) is 12.6 Å². The van der Waals surface area contributed by atoms with E-state index >= 15 is 0 Å². The summed E-state index contributed by atoms with van der Waals surface area (Å²) >= 11 is 4.23. The Morgan fingerprint density at radius 1 is 1.44 bits per heavy atom. The Labute approximate surface area is 101 Å². The molecule has 1 aromatic rings. The van der Waals surface area contributed by atoms with Crippen molar-refractivity contribution in [2.24, 2.45) is 0 Å². The number of nitrogens with one attached hydrogen (secondary N) is 2. The van der Waals surface area contributed by atoms with Crippen molar-refractivity contribution in [3.63, 3.8) is 0 Å². The molecular formula is C11H16N2O2S. The number of hydrogen-bond acceptors (Lipinski definition) is 3. The van der Waals surface area contributed by atoms with Crippen molar-refractivity contribution in [1.82, 2.24) is 5.32 Å². The van der Waals surface area contributed by atoms with Crippen molar-refractivity contribution in [2.75, 3.05) is 25.6 Å². The van der Waals surface area contributed by atoms with E-state index in [1.165, 1.54) is 0 Å². The minimum Gasteiger partial charge on any atom is -0.385 e. The monoisotopic (exact) mass is 240 g/mol. The van der Waals surface area contributed by atoms with E-state index in [1.54, 1.807) is 13.2 Å². The molecule has 0 unspecified atom stereocenters. The second-order valence-electron chi connectivity index (χ2n) is 3.24. The number of thiol groups is 1. The Kier molecular flexibility index (Phi) is 5.74. The first kappa shape index (κ1) is 12.9. The van der Waals surface area contributed by atoms with Gasteiger partial charge in [0.25, 0.3) is 0 Å². The molecule has 0 bridgehead atoms. The van der Waals surface area contributed by atoms with E-state index in [2.05, 4.69) is 23.3 Å². The number of carbonyl (C=O) groups is 1. The van der Waals surface area contributed by atoms with Crippen LogP contribution in [0.25, 0.3) is 0 Å². The van der Waals surface area contributed by atoms with Gasteiger partial charge in [-0.2, -0.15) is 0 Å². The molecule has 0 heterocycles. The maximum Gasteiger partial charge on any atom is 0.319 e. The van der Waals surface area contributed by atoms with Crippen molar-refractivity contribution in [1.29, 1.82) is 0 Å².